The Balaban J connectivity index is 1.93. The molecule has 3 aromatic rings. The summed E-state index contributed by atoms with van der Waals surface area (Å²) in [6, 6.07) is 8.62. The molecule has 1 amide bonds. The standard InChI is InChI=1S/C20H12F3NO3S/c21-11-4-1-9(2-5-11)16-17-18(28-19(16)20(26)27)12(8-15(25)24-17)10-3-6-13(22)14(23)7-10/h1-7,12H,8H2,(H,24,25)(H,26,27)/t12-/m1/s1. The molecule has 0 aliphatic carbocycles. The van der Waals surface area contributed by atoms with Gasteiger partial charge >= 0.3 is 5.97 Å². The zero-order valence-corrected chi connectivity index (χ0v) is 14.9. The maximum Gasteiger partial charge on any atom is 0.346 e. The van der Waals surface area contributed by atoms with E-state index in [4.69, 9.17) is 0 Å². The van der Waals surface area contributed by atoms with Crippen LogP contribution in [0.5, 0.6) is 0 Å². The second-order valence-corrected chi connectivity index (χ2v) is 7.39. The smallest absolute Gasteiger partial charge is 0.346 e. The number of anilines is 1. The summed E-state index contributed by atoms with van der Waals surface area (Å²) in [7, 11) is 0. The largest absolute Gasteiger partial charge is 0.477 e. The van der Waals surface area contributed by atoms with Gasteiger partial charge in [0.05, 0.1) is 5.69 Å². The Labute approximate surface area is 161 Å². The summed E-state index contributed by atoms with van der Waals surface area (Å²) >= 11 is 0.960. The highest BCUT2D eigenvalue weighted by molar-refractivity contribution is 7.15. The van der Waals surface area contributed by atoms with Crippen LogP contribution in [0.4, 0.5) is 18.9 Å². The number of halogens is 3. The second-order valence-electron chi connectivity index (χ2n) is 6.34. The van der Waals surface area contributed by atoms with Gasteiger partial charge < -0.3 is 10.4 Å². The second kappa shape index (κ2) is 6.79. The van der Waals surface area contributed by atoms with Crippen LogP contribution in [0.15, 0.2) is 42.5 Å². The number of fused-ring (bicyclic) bond motifs is 1. The molecule has 8 heteroatoms. The van der Waals surface area contributed by atoms with Gasteiger partial charge in [-0.15, -0.1) is 11.3 Å². The van der Waals surface area contributed by atoms with Gasteiger partial charge in [-0.3, -0.25) is 4.79 Å². The summed E-state index contributed by atoms with van der Waals surface area (Å²) in [6.45, 7) is 0. The third-order valence-corrected chi connectivity index (χ3v) is 5.87. The lowest BCUT2D eigenvalue weighted by atomic mass is 9.88. The minimum Gasteiger partial charge on any atom is -0.477 e. The van der Waals surface area contributed by atoms with E-state index in [1.165, 1.54) is 30.3 Å². The molecule has 1 atom stereocenters. The number of aromatic carboxylic acids is 1. The molecule has 2 aromatic carbocycles. The number of thiophene rings is 1. The van der Waals surface area contributed by atoms with Crippen molar-refractivity contribution in [2.45, 2.75) is 12.3 Å². The van der Waals surface area contributed by atoms with E-state index in [-0.39, 0.29) is 22.8 Å². The van der Waals surface area contributed by atoms with Crippen molar-refractivity contribution in [1.29, 1.82) is 0 Å². The van der Waals surface area contributed by atoms with Gasteiger partial charge in [-0.1, -0.05) is 18.2 Å². The fourth-order valence-corrected chi connectivity index (χ4v) is 4.57. The third kappa shape index (κ3) is 3.05. The van der Waals surface area contributed by atoms with Gasteiger partial charge in [0.25, 0.3) is 0 Å². The summed E-state index contributed by atoms with van der Waals surface area (Å²) in [5, 5.41) is 12.3. The van der Waals surface area contributed by atoms with Gasteiger partial charge in [0.15, 0.2) is 11.6 Å². The van der Waals surface area contributed by atoms with Crippen molar-refractivity contribution in [3.63, 3.8) is 0 Å². The summed E-state index contributed by atoms with van der Waals surface area (Å²) in [5.74, 6) is -4.71. The van der Waals surface area contributed by atoms with Crippen LogP contribution in [0.2, 0.25) is 0 Å². The molecule has 4 nitrogen and oxygen atoms in total. The molecule has 0 spiro atoms. The molecule has 0 bridgehead atoms. The highest BCUT2D eigenvalue weighted by Crippen LogP contribution is 2.49. The molecule has 0 fully saturated rings. The van der Waals surface area contributed by atoms with Gasteiger partial charge in [0, 0.05) is 22.8 Å². The van der Waals surface area contributed by atoms with E-state index in [2.05, 4.69) is 5.32 Å². The normalized spacial score (nSPS) is 15.8. The zero-order chi connectivity index (χ0) is 20.0. The Morgan fingerprint density at radius 3 is 2.43 bits per heavy atom. The highest BCUT2D eigenvalue weighted by atomic mass is 32.1. The number of hydrogen-bond acceptors (Lipinski definition) is 3. The van der Waals surface area contributed by atoms with Crippen LogP contribution >= 0.6 is 11.3 Å². The van der Waals surface area contributed by atoms with Crippen molar-refractivity contribution in [3.8, 4) is 11.1 Å². The van der Waals surface area contributed by atoms with Crippen LogP contribution in [0.25, 0.3) is 11.1 Å². The molecule has 2 heterocycles. The van der Waals surface area contributed by atoms with E-state index in [0.717, 1.165) is 23.5 Å². The molecule has 0 saturated carbocycles. The summed E-state index contributed by atoms with van der Waals surface area (Å²) < 4.78 is 40.3. The van der Waals surface area contributed by atoms with Crippen molar-refractivity contribution < 1.29 is 27.9 Å². The van der Waals surface area contributed by atoms with Gasteiger partial charge in [0.2, 0.25) is 5.91 Å². The lowest BCUT2D eigenvalue weighted by Crippen LogP contribution is -2.22. The Bertz CT molecular complexity index is 1110. The number of rotatable bonds is 3. The lowest BCUT2D eigenvalue weighted by molar-refractivity contribution is -0.116. The van der Waals surface area contributed by atoms with E-state index in [9.17, 15) is 27.9 Å². The predicted molar refractivity (Wildman–Crippen MR) is 98.1 cm³/mol. The maximum absolute atomic E-state index is 13.7. The van der Waals surface area contributed by atoms with Gasteiger partial charge in [-0.25, -0.2) is 18.0 Å². The first-order chi connectivity index (χ1) is 13.3. The molecule has 1 aliphatic rings. The molecule has 1 aliphatic heterocycles. The molecule has 1 aromatic heterocycles. The third-order valence-electron chi connectivity index (χ3n) is 4.58. The molecular weight excluding hydrogens is 391 g/mol. The van der Waals surface area contributed by atoms with Crippen LogP contribution in [-0.2, 0) is 4.79 Å². The number of hydrogen-bond donors (Lipinski definition) is 2. The van der Waals surface area contributed by atoms with Crippen molar-refractivity contribution in [2.75, 3.05) is 5.32 Å². The quantitative estimate of drug-likeness (QED) is 0.647. The molecule has 142 valence electrons. The molecule has 4 rings (SSSR count). The highest BCUT2D eigenvalue weighted by Gasteiger charge is 2.34. The molecule has 0 unspecified atom stereocenters. The molecular formula is C20H12F3NO3S. The maximum atomic E-state index is 13.7. The number of carboxylic acid groups (broad SMARTS) is 1. The van der Waals surface area contributed by atoms with Crippen molar-refractivity contribution in [2.24, 2.45) is 0 Å². The Hall–Kier alpha value is -3.13. The van der Waals surface area contributed by atoms with E-state index >= 15 is 0 Å². The fraction of sp³-hybridized carbons (Fsp3) is 0.100. The topological polar surface area (TPSA) is 66.4 Å². The summed E-state index contributed by atoms with van der Waals surface area (Å²) in [6.07, 6.45) is -0.0273. The van der Waals surface area contributed by atoms with Crippen LogP contribution < -0.4 is 5.32 Å². The van der Waals surface area contributed by atoms with Crippen LogP contribution in [-0.4, -0.2) is 17.0 Å². The van der Waals surface area contributed by atoms with E-state index in [1.807, 2.05) is 0 Å². The molecule has 2 N–H and O–H groups in total. The lowest BCUT2D eigenvalue weighted by Gasteiger charge is -2.24. The monoisotopic (exact) mass is 403 g/mol. The number of nitrogens with one attached hydrogen (secondary N) is 1. The van der Waals surface area contributed by atoms with E-state index in [1.54, 1.807) is 0 Å². The molecule has 28 heavy (non-hydrogen) atoms. The Kier molecular flexibility index (Phi) is 4.43. The van der Waals surface area contributed by atoms with Crippen molar-refractivity contribution >= 4 is 28.9 Å². The first kappa shape index (κ1) is 18.2. The SMILES string of the molecule is O=C1C[C@H](c2ccc(F)c(F)c2)c2sc(C(=O)O)c(-c3ccc(F)cc3)c2N1. The first-order valence-corrected chi connectivity index (χ1v) is 9.07. The number of amides is 1. The molecule has 0 radical (unpaired) electrons. The average molecular weight is 403 g/mol. The Morgan fingerprint density at radius 1 is 1.07 bits per heavy atom. The number of carboxylic acids is 1. The minimum absolute atomic E-state index is 0.0219. The van der Waals surface area contributed by atoms with Gasteiger partial charge in [0.1, 0.15) is 10.7 Å². The minimum atomic E-state index is -1.20. The van der Waals surface area contributed by atoms with Gasteiger partial charge in [-0.05, 0) is 35.4 Å². The van der Waals surface area contributed by atoms with E-state index in [0.29, 0.717) is 21.7 Å². The van der Waals surface area contributed by atoms with Crippen molar-refractivity contribution in [1.82, 2.24) is 0 Å². The van der Waals surface area contributed by atoms with Crippen LogP contribution in [0.1, 0.15) is 32.5 Å². The predicted octanol–water partition coefficient (Wildman–Crippen LogP) is 5.00. The fourth-order valence-electron chi connectivity index (χ4n) is 3.33. The number of benzene rings is 2. The van der Waals surface area contributed by atoms with Crippen LogP contribution in [0.3, 0.4) is 0 Å². The van der Waals surface area contributed by atoms with Crippen LogP contribution in [0, 0.1) is 17.5 Å². The molecule has 0 saturated heterocycles. The average Bonchev–Trinajstić information content (AvgIpc) is 3.03. The van der Waals surface area contributed by atoms with Gasteiger partial charge in [-0.2, -0.15) is 0 Å². The first-order valence-electron chi connectivity index (χ1n) is 8.26. The number of carbonyl (C=O) groups excluding carboxylic acids is 1. The van der Waals surface area contributed by atoms with Crippen molar-refractivity contribution in [3.05, 3.63) is 75.2 Å². The summed E-state index contributed by atoms with van der Waals surface area (Å²) in [5.41, 5.74) is 1.38. The Morgan fingerprint density at radius 2 is 1.79 bits per heavy atom. The zero-order valence-electron chi connectivity index (χ0n) is 14.1. The number of carbonyl (C=O) groups is 2. The van der Waals surface area contributed by atoms with E-state index < -0.39 is 29.3 Å². The summed E-state index contributed by atoms with van der Waals surface area (Å²) in [4.78, 5) is 24.6.